The molecule has 0 bridgehead atoms. The van der Waals surface area contributed by atoms with E-state index in [1.807, 2.05) is 0 Å². The van der Waals surface area contributed by atoms with E-state index >= 15 is 0 Å². The minimum absolute atomic E-state index is 0.384. The third-order valence-corrected chi connectivity index (χ3v) is 1.92. The van der Waals surface area contributed by atoms with Crippen molar-refractivity contribution in [1.82, 2.24) is 9.80 Å². The van der Waals surface area contributed by atoms with Crippen molar-refractivity contribution in [3.63, 3.8) is 0 Å². The van der Waals surface area contributed by atoms with Crippen LogP contribution in [0, 0.1) is 0 Å². The summed E-state index contributed by atoms with van der Waals surface area (Å²) >= 11 is 0. The average molecular weight is 188 g/mol. The van der Waals surface area contributed by atoms with E-state index in [0.717, 1.165) is 26.1 Å². The maximum absolute atomic E-state index is 5.73. The normalized spacial score (nSPS) is 14.1. The van der Waals surface area contributed by atoms with E-state index < -0.39 is 0 Å². The fraction of sp³-hybridized carbons (Fsp3) is 1.00. The highest BCUT2D eigenvalue weighted by molar-refractivity contribution is 4.59. The van der Waals surface area contributed by atoms with Gasteiger partial charge in [0.1, 0.15) is 0 Å². The van der Waals surface area contributed by atoms with Crippen LogP contribution in [0.5, 0.6) is 0 Å². The van der Waals surface area contributed by atoms with Gasteiger partial charge in [0.15, 0.2) is 0 Å². The summed E-state index contributed by atoms with van der Waals surface area (Å²) in [6.45, 7) is 5.02. The first-order chi connectivity index (χ1) is 6.06. The molecule has 0 heterocycles. The van der Waals surface area contributed by atoms with Crippen LogP contribution < -0.4 is 0 Å². The fourth-order valence-corrected chi connectivity index (χ4v) is 1.11. The molecular formula is C10H24N2O. The molecule has 0 radical (unpaired) electrons. The van der Waals surface area contributed by atoms with Crippen LogP contribution in [0.1, 0.15) is 13.3 Å². The molecule has 1 unspecified atom stereocenters. The lowest BCUT2D eigenvalue weighted by Gasteiger charge is -2.21. The zero-order chi connectivity index (χ0) is 10.3. The van der Waals surface area contributed by atoms with Gasteiger partial charge in [0.25, 0.3) is 0 Å². The minimum atomic E-state index is 0.384. The van der Waals surface area contributed by atoms with Crippen LogP contribution in [0.2, 0.25) is 0 Å². The van der Waals surface area contributed by atoms with Crippen LogP contribution >= 0.6 is 0 Å². The van der Waals surface area contributed by atoms with Gasteiger partial charge in [0.2, 0.25) is 0 Å². The van der Waals surface area contributed by atoms with Gasteiger partial charge < -0.3 is 14.5 Å². The second-order valence-corrected chi connectivity index (χ2v) is 3.97. The van der Waals surface area contributed by atoms with E-state index in [9.17, 15) is 0 Å². The Labute approximate surface area is 82.7 Å². The number of likely N-dealkylation sites (N-methyl/N-ethyl adjacent to an activating group) is 2. The van der Waals surface area contributed by atoms with E-state index in [4.69, 9.17) is 4.74 Å². The van der Waals surface area contributed by atoms with Gasteiger partial charge in [-0.2, -0.15) is 0 Å². The van der Waals surface area contributed by atoms with Crippen molar-refractivity contribution in [2.45, 2.75) is 19.4 Å². The molecule has 0 aliphatic heterocycles. The van der Waals surface area contributed by atoms with Crippen molar-refractivity contribution in [3.05, 3.63) is 0 Å². The summed E-state index contributed by atoms with van der Waals surface area (Å²) in [4.78, 5) is 4.31. The summed E-state index contributed by atoms with van der Waals surface area (Å²) in [5, 5.41) is 0. The molecule has 0 aromatic rings. The predicted octanol–water partition coefficient (Wildman–Crippen LogP) is 0.905. The number of nitrogens with zero attached hydrogens (tertiary/aromatic N) is 2. The second kappa shape index (κ2) is 7.30. The van der Waals surface area contributed by atoms with Gasteiger partial charge in [-0.25, -0.2) is 0 Å². The molecule has 0 aliphatic carbocycles. The van der Waals surface area contributed by atoms with Crippen molar-refractivity contribution < 1.29 is 4.74 Å². The number of rotatable bonds is 7. The maximum atomic E-state index is 5.73. The summed E-state index contributed by atoms with van der Waals surface area (Å²) in [5.41, 5.74) is 0. The molecular weight excluding hydrogens is 164 g/mol. The lowest BCUT2D eigenvalue weighted by molar-refractivity contribution is 0.0264. The second-order valence-electron chi connectivity index (χ2n) is 3.97. The van der Waals surface area contributed by atoms with Crippen molar-refractivity contribution in [2.75, 3.05) is 47.9 Å². The van der Waals surface area contributed by atoms with Crippen LogP contribution in [0.3, 0.4) is 0 Å². The molecule has 0 rings (SSSR count). The lowest BCUT2D eigenvalue weighted by atomic mass is 10.2. The van der Waals surface area contributed by atoms with Crippen molar-refractivity contribution in [3.8, 4) is 0 Å². The van der Waals surface area contributed by atoms with Gasteiger partial charge in [-0.1, -0.05) is 6.92 Å². The standard InChI is InChI=1S/C10H24N2O/c1-6-10(9-12(4)5)13-8-7-11(2)3/h10H,6-9H2,1-5H3. The van der Waals surface area contributed by atoms with E-state index in [-0.39, 0.29) is 0 Å². The SMILES string of the molecule is CCC(CN(C)C)OCCN(C)C. The first-order valence-electron chi connectivity index (χ1n) is 4.97. The highest BCUT2D eigenvalue weighted by atomic mass is 16.5. The quantitative estimate of drug-likeness (QED) is 0.590. The molecule has 80 valence electrons. The van der Waals surface area contributed by atoms with Crippen molar-refractivity contribution in [2.24, 2.45) is 0 Å². The molecule has 0 amide bonds. The number of hydrogen-bond acceptors (Lipinski definition) is 3. The van der Waals surface area contributed by atoms with Crippen LogP contribution in [-0.4, -0.2) is 63.8 Å². The Kier molecular flexibility index (Phi) is 7.23. The average Bonchev–Trinajstić information content (AvgIpc) is 2.01. The highest BCUT2D eigenvalue weighted by Gasteiger charge is 2.07. The zero-order valence-corrected chi connectivity index (χ0v) is 9.71. The van der Waals surface area contributed by atoms with E-state index in [1.54, 1.807) is 0 Å². The molecule has 3 heteroatoms. The fourth-order valence-electron chi connectivity index (χ4n) is 1.11. The maximum Gasteiger partial charge on any atom is 0.0699 e. The molecule has 0 aromatic carbocycles. The van der Waals surface area contributed by atoms with Gasteiger partial charge in [-0.3, -0.25) is 0 Å². The molecule has 13 heavy (non-hydrogen) atoms. The molecule has 0 aromatic heterocycles. The molecule has 0 aliphatic rings. The molecule has 0 fully saturated rings. The lowest BCUT2D eigenvalue weighted by Crippen LogP contribution is -2.30. The Balaban J connectivity index is 3.48. The highest BCUT2D eigenvalue weighted by Crippen LogP contribution is 1.99. The van der Waals surface area contributed by atoms with Gasteiger partial charge in [0, 0.05) is 13.1 Å². The smallest absolute Gasteiger partial charge is 0.0699 e. The van der Waals surface area contributed by atoms with Crippen molar-refractivity contribution >= 4 is 0 Å². The molecule has 0 N–H and O–H groups in total. The first kappa shape index (κ1) is 12.9. The number of ether oxygens (including phenoxy) is 1. The van der Waals surface area contributed by atoms with Gasteiger partial charge in [-0.05, 0) is 34.6 Å². The van der Waals surface area contributed by atoms with Gasteiger partial charge in [0.05, 0.1) is 12.7 Å². The largest absolute Gasteiger partial charge is 0.376 e. The predicted molar refractivity (Wildman–Crippen MR) is 57.1 cm³/mol. The summed E-state index contributed by atoms with van der Waals surface area (Å²) in [7, 11) is 8.29. The van der Waals surface area contributed by atoms with E-state index in [0.29, 0.717) is 6.10 Å². The Morgan fingerprint density at radius 3 is 2.08 bits per heavy atom. The topological polar surface area (TPSA) is 15.7 Å². The van der Waals surface area contributed by atoms with E-state index in [2.05, 4.69) is 44.9 Å². The summed E-state index contributed by atoms with van der Waals surface area (Å²) in [6, 6.07) is 0. The minimum Gasteiger partial charge on any atom is -0.376 e. The first-order valence-corrected chi connectivity index (χ1v) is 4.97. The van der Waals surface area contributed by atoms with Crippen LogP contribution in [-0.2, 0) is 4.74 Å². The third kappa shape index (κ3) is 8.22. The summed E-state index contributed by atoms with van der Waals surface area (Å²) in [5.74, 6) is 0. The summed E-state index contributed by atoms with van der Waals surface area (Å²) < 4.78 is 5.73. The van der Waals surface area contributed by atoms with E-state index in [1.165, 1.54) is 0 Å². The number of hydrogen-bond donors (Lipinski definition) is 0. The van der Waals surface area contributed by atoms with Crippen LogP contribution in [0.25, 0.3) is 0 Å². The molecule has 0 saturated carbocycles. The summed E-state index contributed by atoms with van der Waals surface area (Å²) in [6.07, 6.45) is 1.47. The van der Waals surface area contributed by atoms with Gasteiger partial charge >= 0.3 is 0 Å². The van der Waals surface area contributed by atoms with Crippen LogP contribution in [0.15, 0.2) is 0 Å². The third-order valence-electron chi connectivity index (χ3n) is 1.92. The van der Waals surface area contributed by atoms with Gasteiger partial charge in [-0.15, -0.1) is 0 Å². The Morgan fingerprint density at radius 1 is 1.08 bits per heavy atom. The molecule has 0 saturated heterocycles. The van der Waals surface area contributed by atoms with Crippen LogP contribution in [0.4, 0.5) is 0 Å². The molecule has 1 atom stereocenters. The monoisotopic (exact) mass is 188 g/mol. The Morgan fingerprint density at radius 2 is 1.69 bits per heavy atom. The van der Waals surface area contributed by atoms with Crippen molar-refractivity contribution in [1.29, 1.82) is 0 Å². The Hall–Kier alpha value is -0.120. The molecule has 3 nitrogen and oxygen atoms in total. The molecule has 0 spiro atoms. The Bertz CT molecular complexity index is 115. The zero-order valence-electron chi connectivity index (χ0n) is 9.71.